The van der Waals surface area contributed by atoms with Crippen LogP contribution in [-0.4, -0.2) is 26.6 Å². The first-order chi connectivity index (χ1) is 14.8. The van der Waals surface area contributed by atoms with E-state index in [4.69, 9.17) is 0 Å². The van der Waals surface area contributed by atoms with Gasteiger partial charge in [0.05, 0.1) is 16.3 Å². The van der Waals surface area contributed by atoms with E-state index in [0.29, 0.717) is 11.4 Å². The third kappa shape index (κ3) is 6.26. The zero-order valence-electron chi connectivity index (χ0n) is 16.5. The third-order valence-electron chi connectivity index (χ3n) is 4.32. The number of halogens is 2. The smallest absolute Gasteiger partial charge is 0.264 e. The van der Waals surface area contributed by atoms with Crippen molar-refractivity contribution >= 4 is 72.5 Å². The SMILES string of the molecule is C/C(=N/NC(=O)CN(c1ccc(I)cc1)S(=O)(=O)c1ccccc1)c1cccc(I)c1. The van der Waals surface area contributed by atoms with E-state index >= 15 is 0 Å². The number of amides is 1. The van der Waals surface area contributed by atoms with Gasteiger partial charge in [-0.15, -0.1) is 0 Å². The first kappa shape index (κ1) is 23.7. The summed E-state index contributed by atoms with van der Waals surface area (Å²) in [5.41, 5.74) is 4.37. The minimum atomic E-state index is -3.94. The summed E-state index contributed by atoms with van der Waals surface area (Å²) in [5, 5.41) is 4.14. The Morgan fingerprint density at radius 2 is 1.61 bits per heavy atom. The molecule has 0 saturated heterocycles. The van der Waals surface area contributed by atoms with E-state index in [-0.39, 0.29) is 4.90 Å². The van der Waals surface area contributed by atoms with Crippen LogP contribution in [-0.2, 0) is 14.8 Å². The van der Waals surface area contributed by atoms with Crippen molar-refractivity contribution < 1.29 is 13.2 Å². The van der Waals surface area contributed by atoms with Gasteiger partial charge < -0.3 is 0 Å². The van der Waals surface area contributed by atoms with Crippen molar-refractivity contribution in [3.63, 3.8) is 0 Å². The molecule has 0 aromatic heterocycles. The second kappa shape index (κ2) is 10.6. The van der Waals surface area contributed by atoms with Crippen LogP contribution in [0.4, 0.5) is 5.69 Å². The quantitative estimate of drug-likeness (QED) is 0.229. The number of benzene rings is 3. The van der Waals surface area contributed by atoms with Crippen LogP contribution in [0.3, 0.4) is 0 Å². The van der Waals surface area contributed by atoms with E-state index in [0.717, 1.165) is 17.0 Å². The van der Waals surface area contributed by atoms with Crippen LogP contribution in [0.25, 0.3) is 0 Å². The number of nitrogens with zero attached hydrogens (tertiary/aromatic N) is 2. The van der Waals surface area contributed by atoms with Crippen LogP contribution < -0.4 is 9.73 Å². The summed E-state index contributed by atoms with van der Waals surface area (Å²) in [7, 11) is -3.94. The number of rotatable bonds is 7. The molecule has 0 saturated carbocycles. The Balaban J connectivity index is 1.85. The molecule has 0 heterocycles. The maximum atomic E-state index is 13.3. The fraction of sp³-hybridized carbons (Fsp3) is 0.0909. The normalized spacial score (nSPS) is 11.8. The number of hydrogen-bond donors (Lipinski definition) is 1. The van der Waals surface area contributed by atoms with Crippen LogP contribution in [0.2, 0.25) is 0 Å². The molecule has 0 fully saturated rings. The summed E-state index contributed by atoms with van der Waals surface area (Å²) in [6, 6.07) is 22.7. The summed E-state index contributed by atoms with van der Waals surface area (Å²) < 4.78 is 29.6. The van der Waals surface area contributed by atoms with Crippen LogP contribution in [0.5, 0.6) is 0 Å². The van der Waals surface area contributed by atoms with Crippen LogP contribution in [0, 0.1) is 7.14 Å². The highest BCUT2D eigenvalue weighted by molar-refractivity contribution is 14.1. The monoisotopic (exact) mass is 659 g/mol. The molecule has 0 bridgehead atoms. The number of hydrazone groups is 1. The average molecular weight is 659 g/mol. The topological polar surface area (TPSA) is 78.8 Å². The van der Waals surface area contributed by atoms with Crippen molar-refractivity contribution in [3.05, 3.63) is 91.6 Å². The van der Waals surface area contributed by atoms with Crippen LogP contribution in [0.15, 0.2) is 88.9 Å². The molecule has 0 aliphatic carbocycles. The Hall–Kier alpha value is -1.99. The van der Waals surface area contributed by atoms with Gasteiger partial charge in [-0.25, -0.2) is 13.8 Å². The Bertz CT molecular complexity index is 1200. The molecule has 6 nitrogen and oxygen atoms in total. The number of carbonyl (C=O) groups excluding carboxylic acids is 1. The Kier molecular flexibility index (Phi) is 8.06. The predicted molar refractivity (Wildman–Crippen MR) is 140 cm³/mol. The molecular weight excluding hydrogens is 640 g/mol. The molecule has 0 spiro atoms. The standard InChI is InChI=1S/C22H19I2N3O3S/c1-16(17-6-5-7-19(24)14-17)25-26-22(28)15-27(20-12-10-18(23)11-13-20)31(29,30)21-8-3-2-4-9-21/h2-14H,15H2,1H3,(H,26,28)/b25-16-. The lowest BCUT2D eigenvalue weighted by molar-refractivity contribution is -0.119. The number of nitrogens with one attached hydrogen (secondary N) is 1. The van der Waals surface area contributed by atoms with Crippen molar-refractivity contribution in [2.24, 2.45) is 5.10 Å². The maximum Gasteiger partial charge on any atom is 0.264 e. The second-order valence-electron chi connectivity index (χ2n) is 6.54. The Morgan fingerprint density at radius 1 is 0.935 bits per heavy atom. The van der Waals surface area contributed by atoms with E-state index in [1.165, 1.54) is 12.1 Å². The second-order valence-corrected chi connectivity index (χ2v) is 10.9. The van der Waals surface area contributed by atoms with Crippen LogP contribution >= 0.6 is 45.2 Å². The van der Waals surface area contributed by atoms with Crippen molar-refractivity contribution in [1.82, 2.24) is 5.43 Å². The molecular formula is C22H19I2N3O3S. The first-order valence-corrected chi connectivity index (χ1v) is 12.8. The number of anilines is 1. The zero-order valence-corrected chi connectivity index (χ0v) is 21.6. The van der Waals surface area contributed by atoms with E-state index in [1.54, 1.807) is 49.4 Å². The lowest BCUT2D eigenvalue weighted by Crippen LogP contribution is -2.39. The highest BCUT2D eigenvalue weighted by Gasteiger charge is 2.27. The summed E-state index contributed by atoms with van der Waals surface area (Å²) in [5.74, 6) is -0.539. The molecule has 0 atom stereocenters. The summed E-state index contributed by atoms with van der Waals surface area (Å²) in [6.45, 7) is 1.38. The summed E-state index contributed by atoms with van der Waals surface area (Å²) in [4.78, 5) is 12.8. The van der Waals surface area contributed by atoms with Gasteiger partial charge in [0.15, 0.2) is 0 Å². The lowest BCUT2D eigenvalue weighted by atomic mass is 10.1. The van der Waals surface area contributed by atoms with E-state index < -0.39 is 22.5 Å². The van der Waals surface area contributed by atoms with E-state index in [2.05, 4.69) is 55.7 Å². The number of carbonyl (C=O) groups is 1. The summed E-state index contributed by atoms with van der Waals surface area (Å²) in [6.07, 6.45) is 0. The maximum absolute atomic E-state index is 13.3. The summed E-state index contributed by atoms with van der Waals surface area (Å²) >= 11 is 4.34. The van der Waals surface area contributed by atoms with Crippen molar-refractivity contribution in [1.29, 1.82) is 0 Å². The first-order valence-electron chi connectivity index (χ1n) is 9.20. The fourth-order valence-electron chi connectivity index (χ4n) is 2.73. The van der Waals surface area contributed by atoms with Gasteiger partial charge in [0.2, 0.25) is 0 Å². The number of hydrogen-bond acceptors (Lipinski definition) is 4. The molecule has 0 radical (unpaired) electrons. The Labute approximate surface area is 209 Å². The van der Waals surface area contributed by atoms with Crippen molar-refractivity contribution in [3.8, 4) is 0 Å². The average Bonchev–Trinajstić information content (AvgIpc) is 2.77. The zero-order chi connectivity index (χ0) is 22.4. The third-order valence-corrected chi connectivity index (χ3v) is 7.50. The predicted octanol–water partition coefficient (Wildman–Crippen LogP) is 4.63. The van der Waals surface area contributed by atoms with Gasteiger partial charge in [-0.3, -0.25) is 9.10 Å². The van der Waals surface area contributed by atoms with Crippen molar-refractivity contribution in [2.75, 3.05) is 10.8 Å². The molecule has 0 aliphatic heterocycles. The largest absolute Gasteiger partial charge is 0.271 e. The molecule has 31 heavy (non-hydrogen) atoms. The van der Waals surface area contributed by atoms with Gasteiger partial charge in [0.1, 0.15) is 6.54 Å². The van der Waals surface area contributed by atoms with Gasteiger partial charge in [-0.05, 0) is 106 Å². The molecule has 0 unspecified atom stereocenters. The van der Waals surface area contributed by atoms with Crippen LogP contribution in [0.1, 0.15) is 12.5 Å². The van der Waals surface area contributed by atoms with Gasteiger partial charge in [-0.2, -0.15) is 5.10 Å². The van der Waals surface area contributed by atoms with Gasteiger partial charge in [0.25, 0.3) is 15.9 Å². The number of sulfonamides is 1. The van der Waals surface area contributed by atoms with E-state index in [9.17, 15) is 13.2 Å². The molecule has 1 N–H and O–H groups in total. The van der Waals surface area contributed by atoms with Gasteiger partial charge >= 0.3 is 0 Å². The molecule has 3 aromatic carbocycles. The minimum Gasteiger partial charge on any atom is -0.271 e. The molecule has 3 rings (SSSR count). The van der Waals surface area contributed by atoms with E-state index in [1.807, 2.05) is 24.3 Å². The molecule has 0 aliphatic rings. The van der Waals surface area contributed by atoms with Gasteiger partial charge in [0, 0.05) is 7.14 Å². The van der Waals surface area contributed by atoms with Gasteiger partial charge in [-0.1, -0.05) is 30.3 Å². The molecule has 1 amide bonds. The fourth-order valence-corrected chi connectivity index (χ4v) is 5.08. The Morgan fingerprint density at radius 3 is 2.26 bits per heavy atom. The highest BCUT2D eigenvalue weighted by Crippen LogP contribution is 2.24. The molecule has 9 heteroatoms. The molecule has 160 valence electrons. The highest BCUT2D eigenvalue weighted by atomic mass is 127. The minimum absolute atomic E-state index is 0.111. The lowest BCUT2D eigenvalue weighted by Gasteiger charge is -2.23. The molecule has 3 aromatic rings. The van der Waals surface area contributed by atoms with Crippen molar-refractivity contribution in [2.45, 2.75) is 11.8 Å².